The summed E-state index contributed by atoms with van der Waals surface area (Å²) in [6, 6.07) is 0. The number of rotatable bonds is 41. The van der Waals surface area contributed by atoms with E-state index in [0.29, 0.717) is 25.8 Å². The average Bonchev–Trinajstić information content (AvgIpc) is 3.10. The number of nitrogens with one attached hydrogen (secondary N) is 1. The number of carbonyl (C=O) groups excluding carboxylic acids is 1. The maximum atomic E-state index is 12.4. The van der Waals surface area contributed by atoms with Crippen molar-refractivity contribution in [3.8, 4) is 0 Å². The van der Waals surface area contributed by atoms with Crippen molar-refractivity contribution in [1.29, 1.82) is 0 Å². The van der Waals surface area contributed by atoms with Crippen molar-refractivity contribution < 1.29 is 83.6 Å². The third-order valence-corrected chi connectivity index (χ3v) is 16.1. The van der Waals surface area contributed by atoms with Crippen LogP contribution in [0, 0.1) is 0 Å². The molecule has 0 rings (SSSR count). The Morgan fingerprint density at radius 2 is 0.810 bits per heavy atom. The molecule has 0 aromatic carbocycles. The zero-order valence-electron chi connectivity index (χ0n) is 32.4. The van der Waals surface area contributed by atoms with Crippen LogP contribution < -0.4 is 5.32 Å². The zero-order valence-corrected chi connectivity index (χ0v) is 43.5. The van der Waals surface area contributed by atoms with Crippen LogP contribution in [0.1, 0.15) is 64.2 Å². The van der Waals surface area contributed by atoms with Gasteiger partial charge in [0.25, 0.3) is 0 Å². The molecule has 0 saturated heterocycles. The molecule has 0 saturated carbocycles. The Hall–Kier alpha value is 3.01. The van der Waals surface area contributed by atoms with Crippen molar-refractivity contribution in [2.75, 3.05) is 97.9 Å². The van der Waals surface area contributed by atoms with Crippen LogP contribution in [0.4, 0.5) is 0 Å². The van der Waals surface area contributed by atoms with Crippen molar-refractivity contribution in [2.45, 2.75) is 64.2 Å². The van der Waals surface area contributed by atoms with Gasteiger partial charge in [-0.15, -0.1) is 0 Å². The largest absolute Gasteiger partial charge is 0.386 e. The van der Waals surface area contributed by atoms with Gasteiger partial charge in [-0.1, -0.05) is 25.1 Å². The molecule has 0 aliphatic carbocycles. The fraction of sp³-hybridized carbons (Fsp3) is 0.962. The summed E-state index contributed by atoms with van der Waals surface area (Å²) in [5.74, 6) is 0.860. The van der Waals surface area contributed by atoms with E-state index < -0.39 is 40.2 Å². The Labute approximate surface area is 377 Å². The van der Waals surface area contributed by atoms with E-state index in [1.165, 1.54) is 6.66 Å². The van der Waals surface area contributed by atoms with Crippen molar-refractivity contribution in [1.82, 2.24) is 5.32 Å². The summed E-state index contributed by atoms with van der Waals surface area (Å²) < 4.78 is 69.6. The van der Waals surface area contributed by atoms with Gasteiger partial charge < -0.3 is 79.5 Å². The predicted molar refractivity (Wildman–Crippen MR) is 248 cm³/mol. The van der Waals surface area contributed by atoms with Crippen molar-refractivity contribution in [3.63, 3.8) is 0 Å². The third-order valence-electron chi connectivity index (χ3n) is 6.25. The normalized spacial score (nSPS) is 18.3. The Kier molecular flexibility index (Phi) is 36.1. The predicted octanol–water partition coefficient (Wildman–Crippen LogP) is 6.39. The van der Waals surface area contributed by atoms with Gasteiger partial charge in [0.05, 0.1) is 72.7 Å². The average molecular weight is 1080 g/mol. The highest BCUT2D eigenvalue weighted by molar-refractivity contribution is 8.44. The number of carbonyl (C=O) groups is 1. The second-order valence-corrected chi connectivity index (χ2v) is 30.7. The zero-order chi connectivity index (χ0) is 44.0. The lowest BCUT2D eigenvalue weighted by Gasteiger charge is -2.18. The molecule has 19 nitrogen and oxygen atoms in total. The fourth-order valence-electron chi connectivity index (χ4n) is 3.61. The quantitative estimate of drug-likeness (QED) is 0.0199. The number of unbranched alkanes of at least 4 members (excludes halogenated alkanes) is 3. The van der Waals surface area contributed by atoms with Gasteiger partial charge in [-0.05, 0) is 110 Å². The number of hydrogen-bond acceptors (Lipinski definition) is 19. The van der Waals surface area contributed by atoms with E-state index in [-0.39, 0.29) is 104 Å². The summed E-state index contributed by atoms with van der Waals surface area (Å²) in [4.78, 5) is 61.6. The molecule has 0 radical (unpaired) electrons. The molecule has 6 unspecified atom stereocenters. The summed E-state index contributed by atoms with van der Waals surface area (Å²) in [7, 11) is 0. The highest BCUT2D eigenvalue weighted by atomic mass is 32.7. The van der Waals surface area contributed by atoms with Crippen molar-refractivity contribution >= 4 is 129 Å². The minimum absolute atomic E-state index is 0.00254. The molecule has 0 bridgehead atoms. The smallest absolute Gasteiger partial charge is 0.356 e. The molecule has 0 aromatic heterocycles. The molecule has 1 amide bonds. The fourth-order valence-corrected chi connectivity index (χ4v) is 10.9. The van der Waals surface area contributed by atoms with Gasteiger partial charge in [-0.2, -0.15) is 11.8 Å². The van der Waals surface area contributed by atoms with Gasteiger partial charge in [0.2, 0.25) is 5.91 Å². The first-order valence-corrected chi connectivity index (χ1v) is 35.4. The highest BCUT2D eigenvalue weighted by Crippen LogP contribution is 2.53. The summed E-state index contributed by atoms with van der Waals surface area (Å²) in [5, 5.41) is 2.88. The topological polar surface area (TPSA) is 249 Å². The molecule has 0 aromatic rings. The Morgan fingerprint density at radius 3 is 1.14 bits per heavy atom. The van der Waals surface area contributed by atoms with Gasteiger partial charge in [-0.3, -0.25) is 4.79 Å². The summed E-state index contributed by atoms with van der Waals surface area (Å²) >= 11 is 30.1. The molecule has 32 heteroatoms. The number of hydrogen-bond donors (Lipinski definition) is 7. The maximum Gasteiger partial charge on any atom is 0.386 e. The summed E-state index contributed by atoms with van der Waals surface area (Å²) in [6.45, 7) is -18.6. The van der Waals surface area contributed by atoms with Crippen LogP contribution in [0.3, 0.4) is 0 Å². The first-order chi connectivity index (χ1) is 27.0. The standard InChI is InChI=1S/C26H59NO18P6S7/c1-46(29,52)35-15-7-16-37-48(31,54)39-19-9-20-41-50(33,56)43-23-11-24-45-51(34,57)44-22-10-21-42-49(32,55)40-18-8-17-38-47(30,53)36-14-6-4-3-5-13-27-26(28)12-25-58-2/h3-25H2,1-2H3,(H,27,28)(H,29,52)(H,30,53)(H,31,54)(H,32,55)(H,33,56)(H,34,57). The maximum absolute atomic E-state index is 12.4. The SMILES string of the molecule is CSCCC(=O)NCCCCCCOP(O)(=S)OCCCOP(=O)(S)OCCCOP(O)(=S)OCCCOP(O)(=S)OCCCOP(O)(=S)OCCCOP(C)(O)=S. The lowest BCUT2D eigenvalue weighted by atomic mass is 10.2. The Morgan fingerprint density at radius 1 is 0.517 bits per heavy atom. The molecular formula is C26H59NO18P6S7. The first kappa shape index (κ1) is 61.0. The molecule has 0 spiro atoms. The minimum Gasteiger partial charge on any atom is -0.356 e. The van der Waals surface area contributed by atoms with Crippen LogP contribution in [-0.4, -0.2) is 128 Å². The Balaban J connectivity index is 3.93. The second kappa shape index (κ2) is 34.3. The number of thiol groups is 1. The Bertz CT molecular complexity index is 1420. The van der Waals surface area contributed by atoms with E-state index in [1.54, 1.807) is 11.8 Å². The van der Waals surface area contributed by atoms with Crippen LogP contribution in [0.2, 0.25) is 0 Å². The lowest BCUT2D eigenvalue weighted by Crippen LogP contribution is -2.24. The molecule has 0 aliphatic heterocycles. The molecular weight excluding hydrogens is 1020 g/mol. The molecule has 348 valence electrons. The molecule has 6 atom stereocenters. The molecule has 0 fully saturated rings. The number of amides is 1. The molecule has 0 aliphatic rings. The van der Waals surface area contributed by atoms with E-state index in [1.807, 2.05) is 6.26 Å². The molecule has 6 N–H and O–H groups in total. The van der Waals surface area contributed by atoms with E-state index in [2.05, 4.69) is 17.6 Å². The van der Waals surface area contributed by atoms with Gasteiger partial charge in [-0.25, -0.2) is 4.57 Å². The number of thioether (sulfide) groups is 1. The van der Waals surface area contributed by atoms with Crippen LogP contribution in [0.15, 0.2) is 0 Å². The van der Waals surface area contributed by atoms with Crippen LogP contribution in [0.25, 0.3) is 0 Å². The summed E-state index contributed by atoms with van der Waals surface area (Å²) in [6.07, 6.45) is 6.92. The van der Waals surface area contributed by atoms with E-state index in [9.17, 15) is 33.8 Å². The van der Waals surface area contributed by atoms with Gasteiger partial charge in [0.1, 0.15) is 0 Å². The van der Waals surface area contributed by atoms with Crippen LogP contribution in [0.5, 0.6) is 0 Å². The minimum atomic E-state index is -3.71. The van der Waals surface area contributed by atoms with Gasteiger partial charge in [0.15, 0.2) is 6.49 Å². The highest BCUT2D eigenvalue weighted by Gasteiger charge is 2.21. The van der Waals surface area contributed by atoms with E-state index >= 15 is 0 Å². The van der Waals surface area contributed by atoms with E-state index in [4.69, 9.17) is 109 Å². The van der Waals surface area contributed by atoms with E-state index in [0.717, 1.165) is 25.0 Å². The van der Waals surface area contributed by atoms with Crippen LogP contribution >= 0.6 is 64.2 Å². The second-order valence-electron chi connectivity index (χ2n) is 11.6. The monoisotopic (exact) mass is 1080 g/mol. The van der Waals surface area contributed by atoms with Crippen molar-refractivity contribution in [3.05, 3.63) is 0 Å². The third kappa shape index (κ3) is 41.7. The van der Waals surface area contributed by atoms with Crippen LogP contribution in [-0.2, 0) is 118 Å². The summed E-state index contributed by atoms with van der Waals surface area (Å²) in [5.41, 5.74) is 0. The molecule has 58 heavy (non-hydrogen) atoms. The van der Waals surface area contributed by atoms with Gasteiger partial charge in [0, 0.05) is 25.4 Å². The van der Waals surface area contributed by atoms with Gasteiger partial charge >= 0.3 is 33.7 Å². The molecule has 0 heterocycles. The first-order valence-electron chi connectivity index (χ1n) is 17.8. The lowest BCUT2D eigenvalue weighted by molar-refractivity contribution is -0.120. The van der Waals surface area contributed by atoms with Crippen molar-refractivity contribution in [2.24, 2.45) is 0 Å².